The molecule has 1 heterocycles. The van der Waals surface area contributed by atoms with Crippen LogP contribution in [0.15, 0.2) is 30.5 Å². The summed E-state index contributed by atoms with van der Waals surface area (Å²) >= 11 is 17.7. The molecule has 0 unspecified atom stereocenters. The van der Waals surface area contributed by atoms with Crippen molar-refractivity contribution in [2.24, 2.45) is 0 Å². The maximum Gasteiger partial charge on any atom is 0.257 e. The van der Waals surface area contributed by atoms with Gasteiger partial charge in [-0.15, -0.1) is 0 Å². The molecular formula is C13H10Cl3N3O. The first-order chi connectivity index (χ1) is 9.51. The second-order valence-corrected chi connectivity index (χ2v) is 5.10. The van der Waals surface area contributed by atoms with Crippen LogP contribution in [-0.2, 0) is 0 Å². The quantitative estimate of drug-likeness (QED) is 0.880. The zero-order valence-electron chi connectivity index (χ0n) is 10.4. The number of benzene rings is 1. The highest BCUT2D eigenvalue weighted by molar-refractivity contribution is 6.42. The number of anilines is 2. The second-order valence-electron chi connectivity index (χ2n) is 3.88. The Morgan fingerprint density at radius 3 is 2.50 bits per heavy atom. The number of nitrogens with one attached hydrogen (secondary N) is 2. The van der Waals surface area contributed by atoms with E-state index >= 15 is 0 Å². The summed E-state index contributed by atoms with van der Waals surface area (Å²) in [5.74, 6) is 0.195. The van der Waals surface area contributed by atoms with Gasteiger partial charge in [0.1, 0.15) is 5.82 Å². The number of carbonyl (C=O) groups excluding carboxylic acids is 1. The minimum absolute atomic E-state index is 0.265. The van der Waals surface area contributed by atoms with Gasteiger partial charge in [-0.1, -0.05) is 34.8 Å². The molecular weight excluding hydrogens is 321 g/mol. The van der Waals surface area contributed by atoms with Gasteiger partial charge in [-0.3, -0.25) is 4.79 Å². The summed E-state index contributed by atoms with van der Waals surface area (Å²) in [5, 5.41) is 6.59. The lowest BCUT2D eigenvalue weighted by molar-refractivity contribution is 0.102. The third kappa shape index (κ3) is 3.33. The smallest absolute Gasteiger partial charge is 0.257 e. The molecule has 20 heavy (non-hydrogen) atoms. The Labute approximate surface area is 131 Å². The van der Waals surface area contributed by atoms with Crippen molar-refractivity contribution in [3.05, 3.63) is 51.1 Å². The van der Waals surface area contributed by atoms with Crippen LogP contribution in [0, 0.1) is 0 Å². The number of aromatic nitrogens is 1. The minimum Gasteiger partial charge on any atom is -0.373 e. The lowest BCUT2D eigenvalue weighted by Crippen LogP contribution is -2.13. The molecule has 0 spiro atoms. The molecule has 104 valence electrons. The molecule has 1 amide bonds. The zero-order valence-corrected chi connectivity index (χ0v) is 12.6. The van der Waals surface area contributed by atoms with Crippen molar-refractivity contribution in [2.45, 2.75) is 0 Å². The molecule has 0 aliphatic heterocycles. The predicted octanol–water partition coefficient (Wildman–Crippen LogP) is 4.34. The molecule has 0 aliphatic carbocycles. The Morgan fingerprint density at radius 1 is 1.10 bits per heavy atom. The van der Waals surface area contributed by atoms with Gasteiger partial charge in [0.15, 0.2) is 0 Å². The van der Waals surface area contributed by atoms with Gasteiger partial charge in [0.25, 0.3) is 5.91 Å². The number of hydrogen-bond donors (Lipinski definition) is 2. The summed E-state index contributed by atoms with van der Waals surface area (Å²) < 4.78 is 0. The Morgan fingerprint density at radius 2 is 1.85 bits per heavy atom. The highest BCUT2D eigenvalue weighted by Crippen LogP contribution is 2.26. The van der Waals surface area contributed by atoms with Crippen molar-refractivity contribution < 1.29 is 4.79 Å². The molecule has 0 saturated carbocycles. The molecule has 4 nitrogen and oxygen atoms in total. The van der Waals surface area contributed by atoms with Crippen molar-refractivity contribution in [1.82, 2.24) is 4.98 Å². The Bertz CT molecular complexity index is 661. The fourth-order valence-electron chi connectivity index (χ4n) is 1.52. The summed E-state index contributed by atoms with van der Waals surface area (Å²) in [5.41, 5.74) is 0.848. The number of nitrogens with zero attached hydrogens (tertiary/aromatic N) is 1. The molecule has 0 bridgehead atoms. The van der Waals surface area contributed by atoms with E-state index in [0.717, 1.165) is 0 Å². The van der Waals surface area contributed by atoms with E-state index in [1.807, 2.05) is 0 Å². The maximum absolute atomic E-state index is 12.2. The van der Waals surface area contributed by atoms with Crippen molar-refractivity contribution >= 4 is 52.2 Å². The van der Waals surface area contributed by atoms with Crippen LogP contribution < -0.4 is 10.6 Å². The van der Waals surface area contributed by atoms with Crippen LogP contribution >= 0.6 is 34.8 Å². The van der Waals surface area contributed by atoms with Crippen LogP contribution in [0.4, 0.5) is 11.5 Å². The number of rotatable bonds is 3. The van der Waals surface area contributed by atoms with E-state index in [2.05, 4.69) is 15.6 Å². The van der Waals surface area contributed by atoms with Crippen molar-refractivity contribution in [2.75, 3.05) is 17.7 Å². The van der Waals surface area contributed by atoms with Crippen LogP contribution in [-0.4, -0.2) is 17.9 Å². The van der Waals surface area contributed by atoms with Gasteiger partial charge in [0.2, 0.25) is 0 Å². The van der Waals surface area contributed by atoms with Gasteiger partial charge in [-0.25, -0.2) is 4.98 Å². The van der Waals surface area contributed by atoms with Crippen molar-refractivity contribution in [3.63, 3.8) is 0 Å². The van der Waals surface area contributed by atoms with E-state index < -0.39 is 0 Å². The molecule has 2 N–H and O–H groups in total. The molecule has 0 aliphatic rings. The zero-order chi connectivity index (χ0) is 14.7. The molecule has 7 heteroatoms. The van der Waals surface area contributed by atoms with Crippen LogP contribution in [0.5, 0.6) is 0 Å². The number of hydrogen-bond acceptors (Lipinski definition) is 3. The first kappa shape index (κ1) is 14.9. The first-order valence-corrected chi connectivity index (χ1v) is 6.74. The maximum atomic E-state index is 12.2. The third-order valence-corrected chi connectivity index (χ3v) is 3.57. The largest absolute Gasteiger partial charge is 0.373 e. The summed E-state index contributed by atoms with van der Waals surface area (Å²) in [6.07, 6.45) is 1.41. The van der Waals surface area contributed by atoms with E-state index in [0.29, 0.717) is 27.1 Å². The minimum atomic E-state index is -0.354. The second kappa shape index (κ2) is 6.31. The lowest BCUT2D eigenvalue weighted by atomic mass is 10.2. The van der Waals surface area contributed by atoms with E-state index in [1.165, 1.54) is 6.20 Å². The normalized spacial score (nSPS) is 10.2. The lowest BCUT2D eigenvalue weighted by Gasteiger charge is -2.09. The number of halogens is 3. The molecule has 2 rings (SSSR count). The summed E-state index contributed by atoms with van der Waals surface area (Å²) in [6, 6.07) is 6.39. The average molecular weight is 331 g/mol. The summed E-state index contributed by atoms with van der Waals surface area (Å²) in [6.45, 7) is 0. The fraction of sp³-hybridized carbons (Fsp3) is 0.0769. The summed E-state index contributed by atoms with van der Waals surface area (Å²) in [7, 11) is 1.71. The predicted molar refractivity (Wildman–Crippen MR) is 83.2 cm³/mol. The van der Waals surface area contributed by atoms with E-state index in [4.69, 9.17) is 34.8 Å². The molecule has 0 saturated heterocycles. The Kier molecular flexibility index (Phi) is 4.70. The van der Waals surface area contributed by atoms with Gasteiger partial charge in [0, 0.05) is 18.9 Å². The van der Waals surface area contributed by atoms with Crippen molar-refractivity contribution in [3.8, 4) is 0 Å². The van der Waals surface area contributed by atoms with Crippen LogP contribution in [0.25, 0.3) is 0 Å². The molecule has 1 aromatic carbocycles. The molecule has 0 radical (unpaired) electrons. The van der Waals surface area contributed by atoms with E-state index in [9.17, 15) is 4.79 Å². The molecule has 0 atom stereocenters. The average Bonchev–Trinajstić information content (AvgIpc) is 2.43. The first-order valence-electron chi connectivity index (χ1n) is 5.61. The van der Waals surface area contributed by atoms with E-state index in [1.54, 1.807) is 31.3 Å². The molecule has 2 aromatic rings. The Hall–Kier alpha value is -1.49. The highest BCUT2D eigenvalue weighted by Gasteiger charge is 2.12. The van der Waals surface area contributed by atoms with Crippen molar-refractivity contribution in [1.29, 1.82) is 0 Å². The molecule has 1 aromatic heterocycles. The highest BCUT2D eigenvalue weighted by atomic mass is 35.5. The Balaban J connectivity index is 2.25. The van der Waals surface area contributed by atoms with Gasteiger partial charge >= 0.3 is 0 Å². The number of pyridine rings is 1. The fourth-order valence-corrected chi connectivity index (χ4v) is 2.01. The summed E-state index contributed by atoms with van der Waals surface area (Å²) in [4.78, 5) is 16.2. The van der Waals surface area contributed by atoms with Gasteiger partial charge in [0.05, 0.1) is 20.6 Å². The number of carbonyl (C=O) groups is 1. The standard InChI is InChI=1S/C13H10Cl3N3O/c1-17-12-5-8(11(16)6-18-12)13(20)19-7-2-3-9(14)10(15)4-7/h2-6H,1H3,(H,17,18)(H,19,20). The SMILES string of the molecule is CNc1cc(C(=O)Nc2ccc(Cl)c(Cl)c2)c(Cl)cn1. The topological polar surface area (TPSA) is 54.0 Å². The number of amides is 1. The molecule has 0 fully saturated rings. The monoisotopic (exact) mass is 329 g/mol. The van der Waals surface area contributed by atoms with E-state index in [-0.39, 0.29) is 10.9 Å². The van der Waals surface area contributed by atoms with Gasteiger partial charge in [-0.2, -0.15) is 0 Å². The van der Waals surface area contributed by atoms with Crippen LogP contribution in [0.2, 0.25) is 15.1 Å². The van der Waals surface area contributed by atoms with Crippen LogP contribution in [0.3, 0.4) is 0 Å². The third-order valence-electron chi connectivity index (χ3n) is 2.53. The van der Waals surface area contributed by atoms with Gasteiger partial charge in [-0.05, 0) is 24.3 Å². The van der Waals surface area contributed by atoms with Gasteiger partial charge < -0.3 is 10.6 Å². The van der Waals surface area contributed by atoms with Crippen LogP contribution in [0.1, 0.15) is 10.4 Å².